The van der Waals surface area contributed by atoms with Crippen molar-refractivity contribution in [3.63, 3.8) is 0 Å². The molecule has 0 aromatic carbocycles. The van der Waals surface area contributed by atoms with Crippen molar-refractivity contribution >= 4 is 105 Å². The van der Waals surface area contributed by atoms with E-state index in [4.69, 9.17) is 154 Å². The maximum Gasteiger partial charge on any atom is 0.474 e. The molecule has 13 aliphatic rings. The third-order valence-corrected chi connectivity index (χ3v) is 18.4. The average Bonchev–Trinajstić information content (AvgIpc) is 2.05. The van der Waals surface area contributed by atoms with Gasteiger partial charge in [-0.15, -0.1) is 0 Å². The molecule has 0 amide bonds. The van der Waals surface area contributed by atoms with E-state index >= 15 is 0 Å². The maximum atomic E-state index is 14.0. The summed E-state index contributed by atoms with van der Waals surface area (Å²) in [5, 5.41) is 89.9. The van der Waals surface area contributed by atoms with E-state index < -0.39 is 167 Å². The second kappa shape index (κ2) is 23.5. The minimum absolute atomic E-state index is 0.464. The molecule has 8 aliphatic heterocycles. The Hall–Kier alpha value is -1.11. The topological polar surface area (TPSA) is 310 Å². The van der Waals surface area contributed by atoms with Gasteiger partial charge < -0.3 is 93.1 Å². The molecule has 10 radical (unpaired) electrons. The summed E-state index contributed by atoms with van der Waals surface area (Å²) in [6.07, 6.45) is -3.39. The summed E-state index contributed by atoms with van der Waals surface area (Å²) in [6.45, 7) is 2.68. The lowest BCUT2D eigenvalue weighted by Crippen LogP contribution is -2.49. The van der Waals surface area contributed by atoms with Gasteiger partial charge in [-0.1, -0.05) is 0 Å². The first-order valence-electron chi connectivity index (χ1n) is 26.1. The molecule has 0 bridgehead atoms. The van der Waals surface area contributed by atoms with E-state index in [0.29, 0.717) is 64.2 Å². The van der Waals surface area contributed by atoms with Crippen LogP contribution in [0.3, 0.4) is 0 Å². The minimum Gasteiger partial charge on any atom is -0.387 e. The Morgan fingerprint density at radius 2 is 0.869 bits per heavy atom. The fourth-order valence-electron chi connectivity index (χ4n) is 11.2. The lowest BCUT2D eigenvalue weighted by molar-refractivity contribution is -0.256. The first-order valence-corrected chi connectivity index (χ1v) is 29.5. The molecule has 13 fully saturated rings. The number of hydrogen-bond acceptors (Lipinski definition) is 21. The summed E-state index contributed by atoms with van der Waals surface area (Å²) >= 11 is 26.6. The zero-order valence-corrected chi connectivity index (χ0v) is 49.4. The van der Waals surface area contributed by atoms with Crippen molar-refractivity contribution in [3.8, 4) is 56.5 Å². The summed E-state index contributed by atoms with van der Waals surface area (Å²) in [6, 6.07) is -5.32. The minimum atomic E-state index is -4.26. The van der Waals surface area contributed by atoms with Gasteiger partial charge in [0.15, 0.2) is 28.2 Å². The van der Waals surface area contributed by atoms with Gasteiger partial charge in [0.25, 0.3) is 6.48 Å². The molecular weight excluding hydrogens is 1230 g/mol. The second-order valence-electron chi connectivity index (χ2n) is 23.2. The van der Waals surface area contributed by atoms with E-state index in [-0.39, 0.29) is 0 Å². The number of alkyl halides is 1. The highest BCUT2D eigenvalue weighted by Crippen LogP contribution is 2.64. The van der Waals surface area contributed by atoms with Gasteiger partial charge in [-0.2, -0.15) is 0 Å². The van der Waals surface area contributed by atoms with Crippen molar-refractivity contribution in [3.05, 3.63) is 0 Å². The predicted octanol–water partition coefficient (Wildman–Crippen LogP) is -1.59. The van der Waals surface area contributed by atoms with Gasteiger partial charge in [0.05, 0.1) is 58.0 Å². The molecule has 84 heavy (non-hydrogen) atoms. The van der Waals surface area contributed by atoms with E-state index in [0.717, 1.165) is 0 Å². The van der Waals surface area contributed by atoms with E-state index in [2.05, 4.69) is 39.8 Å². The van der Waals surface area contributed by atoms with E-state index in [1.807, 2.05) is 16.7 Å². The number of hydrogen-bond donors (Lipinski definition) is 9. The molecule has 13 rings (SSSR count). The standard InChI is InChI=1S/C12H14BClO4.C11H12BClO5.C9H9BClFO3.C9H9BClO6P.C9H10BClO4/c1-10(2)17-8-7(11(15)3-4-11)16-9(13)12(8,18-10)5-6-14;1-15-9-17-7-6(10(14)2-3-10)16-8(12)11(7,18-9)4-5-13;10-7-9(12,3-4-11)5(13)6(15-7)8(14)1-2-8;10-7-9(3-4-11)6(16-18(13,14)17-9)5(15-7)8(12)1-2-8;10-7-9(14,3-4-11)5(12)6(15-7)8(13)1-2-8/h7-9,15H,3-4H2,1-2H3;6-9,14H,2-3H2,1H3;5-7,13-14H,1-2H2;5-7,12H,1-2H2,(H,13,14);5-7,12-14H,1-2H2/t7-,8?,9+,12+;6-,7?,8+,9?,11+;5?,6-,7+,9+;5-,6?,7+,9+;5?,6-,7+,9+/m00000/s1. The normalized spacial score (nSPS) is 48.5. The molecule has 8 heterocycles. The molecule has 7 unspecified atom stereocenters. The summed E-state index contributed by atoms with van der Waals surface area (Å²) in [7, 11) is 25.7. The van der Waals surface area contributed by atoms with Gasteiger partial charge >= 0.3 is 7.82 Å². The highest BCUT2D eigenvalue weighted by atomic mass is 35.5. The van der Waals surface area contributed by atoms with Crippen molar-refractivity contribution in [2.75, 3.05) is 7.11 Å². The average molecular weight is 1290 g/mol. The lowest BCUT2D eigenvalue weighted by atomic mass is 9.80. The molecule has 0 aromatic rings. The van der Waals surface area contributed by atoms with Crippen molar-refractivity contribution < 1.29 is 111 Å². The van der Waals surface area contributed by atoms with Crippen LogP contribution in [0.2, 0.25) is 0 Å². The van der Waals surface area contributed by atoms with Crippen LogP contribution in [0.5, 0.6) is 0 Å². The van der Waals surface area contributed by atoms with Crippen molar-refractivity contribution in [2.45, 2.75) is 237 Å². The molecule has 5 aliphatic carbocycles. The van der Waals surface area contributed by atoms with Gasteiger partial charge in [0.2, 0.25) is 5.67 Å². The van der Waals surface area contributed by atoms with E-state index in [1.165, 1.54) is 7.11 Å². The summed E-state index contributed by atoms with van der Waals surface area (Å²) in [4.78, 5) is 9.42. The Labute approximate surface area is 514 Å². The Morgan fingerprint density at radius 3 is 1.33 bits per heavy atom. The van der Waals surface area contributed by atoms with Crippen molar-refractivity contribution in [1.29, 1.82) is 0 Å². The fraction of sp³-hybridized carbons (Fsp3) is 0.800. The number of rotatable bonds is 6. The number of aliphatic hydroxyl groups excluding tert-OH is 2. The smallest absolute Gasteiger partial charge is 0.387 e. The van der Waals surface area contributed by atoms with Crippen LogP contribution >= 0.6 is 65.8 Å². The number of phosphoric acid groups is 1. The Balaban J connectivity index is 0.000000126. The first-order chi connectivity index (χ1) is 39.1. The lowest BCUT2D eigenvalue weighted by Gasteiger charge is -2.26. The summed E-state index contributed by atoms with van der Waals surface area (Å²) in [5.74, 6) is 11.3. The van der Waals surface area contributed by atoms with Crippen LogP contribution in [0.25, 0.3) is 0 Å². The predicted molar refractivity (Wildman–Crippen MR) is 293 cm³/mol. The van der Waals surface area contributed by atoms with Crippen LogP contribution in [0, 0.1) is 56.5 Å². The Kier molecular flexibility index (Phi) is 18.9. The number of ether oxygens (including phenoxy) is 10. The van der Waals surface area contributed by atoms with Crippen LogP contribution in [0.4, 0.5) is 4.39 Å². The zero-order valence-electron chi connectivity index (χ0n) is 44.7. The van der Waals surface area contributed by atoms with Crippen molar-refractivity contribution in [1.82, 2.24) is 0 Å². The van der Waals surface area contributed by atoms with Crippen LogP contribution < -0.4 is 0 Å². The monoisotopic (exact) mass is 1290 g/mol. The highest BCUT2D eigenvalue weighted by Gasteiger charge is 2.73. The summed E-state index contributed by atoms with van der Waals surface area (Å²) < 4.78 is 90.0. The van der Waals surface area contributed by atoms with Crippen molar-refractivity contribution in [2.24, 2.45) is 0 Å². The molecular formula is C50H54B5Cl5FO22P. The van der Waals surface area contributed by atoms with Crippen LogP contribution in [0.1, 0.15) is 78.1 Å². The van der Waals surface area contributed by atoms with Crippen LogP contribution in [-0.2, 0) is 61.0 Å². The van der Waals surface area contributed by atoms with Gasteiger partial charge in [0.1, 0.15) is 100 Å². The molecule has 22 nitrogen and oxygen atoms in total. The number of methoxy groups -OCH3 is 1. The van der Waals surface area contributed by atoms with E-state index in [1.54, 1.807) is 13.8 Å². The number of fused-ring (bicyclic) bond motifs is 3. The quantitative estimate of drug-likeness (QED) is 0.0823. The number of phosphoric ester groups is 1. The molecule has 0 aromatic heterocycles. The molecule has 448 valence electrons. The summed E-state index contributed by atoms with van der Waals surface area (Å²) in [5.41, 5.74) is -13.4. The first kappa shape index (κ1) is 67.3. The number of halogens is 6. The fourth-order valence-corrected chi connectivity index (χ4v) is 13.2. The molecule has 0 spiro atoms. The SMILES string of the molecule is [B][C@@H]1O[C@H](C2(O)CC2)C(O)[C@]1(F)C#CCl.[B][C@@H]1O[C@H](C2(O)CC2)C(O)[C@]1(O)C#CCl.[B][C@@H]1O[C@H](C2(O)CC2)C2OC(C)(C)O[C@]21C#CCl.[B][C@@H]1O[C@H](C2(O)CC2)C2OC(OC)O[C@]21C#CCl.[B][C@@H]1O[C@H](C2(O)CC2)C2OP(=O)(O)O[C@]21C#CCl. The van der Waals surface area contributed by atoms with Gasteiger partial charge in [-0.05, 0) is 166 Å². The maximum absolute atomic E-state index is 14.0. The third kappa shape index (κ3) is 12.1. The zero-order chi connectivity index (χ0) is 61.9. The van der Waals surface area contributed by atoms with Gasteiger partial charge in [0, 0.05) is 34.0 Å². The van der Waals surface area contributed by atoms with Crippen LogP contribution in [-0.4, -0.2) is 251 Å². The van der Waals surface area contributed by atoms with E-state index in [9.17, 15) is 54.7 Å². The molecule has 22 atom stereocenters. The van der Waals surface area contributed by atoms with Gasteiger partial charge in [-0.3, -0.25) is 9.05 Å². The second-order valence-corrected chi connectivity index (χ2v) is 25.5. The van der Waals surface area contributed by atoms with Gasteiger partial charge in [-0.25, -0.2) is 8.96 Å². The molecule has 5 saturated carbocycles. The highest BCUT2D eigenvalue weighted by molar-refractivity contribution is 7.47. The number of aliphatic hydroxyl groups is 8. The molecule has 8 saturated heterocycles. The Morgan fingerprint density at radius 1 is 0.488 bits per heavy atom. The van der Waals surface area contributed by atoms with Crippen LogP contribution in [0.15, 0.2) is 0 Å². The Bertz CT molecular complexity index is 2850. The third-order valence-electron chi connectivity index (χ3n) is 16.9. The molecule has 9 N–H and O–H groups in total. The largest absolute Gasteiger partial charge is 0.474 e. The molecule has 34 heteroatoms.